The van der Waals surface area contributed by atoms with Gasteiger partial charge < -0.3 is 9.88 Å². The molecule has 1 aromatic carbocycles. The molecule has 2 heterocycles. The van der Waals surface area contributed by atoms with Crippen molar-refractivity contribution in [3.63, 3.8) is 0 Å². The van der Waals surface area contributed by atoms with E-state index in [1.807, 2.05) is 32.3 Å². The van der Waals surface area contributed by atoms with Crippen LogP contribution in [0.2, 0.25) is 0 Å². The Morgan fingerprint density at radius 1 is 1.11 bits per heavy atom. The monoisotopic (exact) mass is 547 g/mol. The molecule has 0 saturated heterocycles. The van der Waals surface area contributed by atoms with Crippen LogP contribution in [0.15, 0.2) is 58.5 Å². The Morgan fingerprint density at radius 2 is 1.76 bits per heavy atom. The van der Waals surface area contributed by atoms with Crippen LogP contribution in [-0.4, -0.2) is 30.1 Å². The van der Waals surface area contributed by atoms with Crippen molar-refractivity contribution in [3.8, 4) is 11.1 Å². The first kappa shape index (κ1) is 30.8. The van der Waals surface area contributed by atoms with Gasteiger partial charge in [0.1, 0.15) is 5.56 Å². The third-order valence-corrected chi connectivity index (χ3v) is 7.25. The van der Waals surface area contributed by atoms with Gasteiger partial charge in [0.05, 0.1) is 17.1 Å². The molecular weight excluding hydrogens is 512 g/mol. The Labute approximate surface area is 222 Å². The van der Waals surface area contributed by atoms with Crippen molar-refractivity contribution in [2.45, 2.75) is 71.4 Å². The molecule has 7 nitrogen and oxygen atoms in total. The molecule has 0 radical (unpaired) electrons. The fraction of sp³-hybridized carbons (Fsp3) is 0.393. The van der Waals surface area contributed by atoms with Crippen LogP contribution in [0.4, 0.5) is 8.78 Å². The average Bonchev–Trinajstić information content (AvgIpc) is 2.90. The van der Waals surface area contributed by atoms with Crippen molar-refractivity contribution in [1.29, 1.82) is 0 Å². The van der Waals surface area contributed by atoms with Crippen LogP contribution in [0.1, 0.15) is 80.3 Å². The third-order valence-electron chi connectivity index (χ3n) is 6.15. The van der Waals surface area contributed by atoms with Crippen LogP contribution in [0.3, 0.4) is 0 Å². The molecule has 0 unspecified atom stereocenters. The molecule has 0 atom stereocenters. The van der Waals surface area contributed by atoms with E-state index in [1.54, 1.807) is 13.0 Å². The molecule has 0 saturated carbocycles. The SMILES string of the molecule is CC.CCC(CC)n1cc(C(=O)NCc2ccc(S(C)(=O)=O)cn2)c(=O)c(-c2cccc(C(F)F)c2)c1C. The number of nitrogens with one attached hydrogen (secondary N) is 1. The number of hydrogen-bond donors (Lipinski definition) is 1. The van der Waals surface area contributed by atoms with E-state index in [0.29, 0.717) is 17.0 Å². The molecule has 10 heteroatoms. The fourth-order valence-electron chi connectivity index (χ4n) is 4.12. The van der Waals surface area contributed by atoms with Crippen molar-refractivity contribution in [1.82, 2.24) is 14.9 Å². The van der Waals surface area contributed by atoms with Crippen molar-refractivity contribution < 1.29 is 22.0 Å². The topological polar surface area (TPSA) is 98.1 Å². The van der Waals surface area contributed by atoms with E-state index in [0.717, 1.165) is 19.1 Å². The lowest BCUT2D eigenvalue weighted by atomic mass is 9.98. The first-order chi connectivity index (χ1) is 18.0. The Balaban J connectivity index is 0.00000247. The minimum Gasteiger partial charge on any atom is -0.347 e. The quantitative estimate of drug-likeness (QED) is 0.361. The van der Waals surface area contributed by atoms with E-state index in [9.17, 15) is 26.8 Å². The molecule has 1 amide bonds. The zero-order valence-corrected chi connectivity index (χ0v) is 23.4. The number of carbonyl (C=O) groups excluding carboxylic acids is 1. The molecule has 0 aliphatic carbocycles. The second-order valence-electron chi connectivity index (χ2n) is 8.58. The van der Waals surface area contributed by atoms with Gasteiger partial charge in [0.2, 0.25) is 5.43 Å². The molecule has 2 aromatic heterocycles. The van der Waals surface area contributed by atoms with E-state index in [-0.39, 0.29) is 34.2 Å². The third kappa shape index (κ3) is 7.12. The lowest BCUT2D eigenvalue weighted by Gasteiger charge is -2.24. The normalized spacial score (nSPS) is 11.3. The Morgan fingerprint density at radius 3 is 2.29 bits per heavy atom. The average molecular weight is 548 g/mol. The number of sulfone groups is 1. The van der Waals surface area contributed by atoms with Gasteiger partial charge >= 0.3 is 0 Å². The molecule has 0 aliphatic rings. The zero-order chi connectivity index (χ0) is 28.6. The predicted molar refractivity (Wildman–Crippen MR) is 145 cm³/mol. The highest BCUT2D eigenvalue weighted by Crippen LogP contribution is 2.28. The summed E-state index contributed by atoms with van der Waals surface area (Å²) < 4.78 is 51.8. The standard InChI is InChI=1S/C26H29F2N3O4S.C2H6/c1-5-20(6-2)31-15-22(26(33)30-13-19-10-11-21(14-29-19)36(4,34)35)24(32)23(16(31)3)17-8-7-9-18(12-17)25(27)28;1-2/h7-12,14-15,20,25H,5-6,13H2,1-4H3,(H,30,33);1-2H3. The zero-order valence-electron chi connectivity index (χ0n) is 22.6. The Hall–Kier alpha value is -3.40. The number of halogens is 2. The predicted octanol–water partition coefficient (Wildman–Crippen LogP) is 5.88. The number of amides is 1. The number of hydrogen-bond acceptors (Lipinski definition) is 5. The number of pyridine rings is 2. The maximum atomic E-state index is 13.5. The second-order valence-corrected chi connectivity index (χ2v) is 10.6. The highest BCUT2D eigenvalue weighted by atomic mass is 32.2. The van der Waals surface area contributed by atoms with Crippen LogP contribution in [-0.2, 0) is 16.4 Å². The van der Waals surface area contributed by atoms with Gasteiger partial charge in [-0.05, 0) is 43.5 Å². The molecule has 0 bridgehead atoms. The van der Waals surface area contributed by atoms with Gasteiger partial charge in [-0.15, -0.1) is 0 Å². The number of carbonyl (C=O) groups is 1. The molecule has 38 heavy (non-hydrogen) atoms. The Bertz CT molecular complexity index is 1420. The minimum absolute atomic E-state index is 0.000569. The molecule has 3 rings (SSSR count). The molecule has 0 fully saturated rings. The maximum absolute atomic E-state index is 13.5. The summed E-state index contributed by atoms with van der Waals surface area (Å²) in [6, 6.07) is 8.50. The number of rotatable bonds is 9. The summed E-state index contributed by atoms with van der Waals surface area (Å²) in [5.74, 6) is -0.639. The summed E-state index contributed by atoms with van der Waals surface area (Å²) in [6.45, 7) is 9.71. The first-order valence-electron chi connectivity index (χ1n) is 12.5. The summed E-state index contributed by atoms with van der Waals surface area (Å²) in [5.41, 5.74) is 0.647. The highest BCUT2D eigenvalue weighted by Gasteiger charge is 2.22. The van der Waals surface area contributed by atoms with Crippen LogP contribution < -0.4 is 10.7 Å². The van der Waals surface area contributed by atoms with E-state index < -0.39 is 27.6 Å². The summed E-state index contributed by atoms with van der Waals surface area (Å²) in [7, 11) is -3.40. The number of nitrogens with zero attached hydrogens (tertiary/aromatic N) is 2. The smallest absolute Gasteiger partial charge is 0.263 e. The lowest BCUT2D eigenvalue weighted by molar-refractivity contribution is 0.0948. The van der Waals surface area contributed by atoms with Crippen molar-refractivity contribution >= 4 is 15.7 Å². The van der Waals surface area contributed by atoms with Crippen molar-refractivity contribution in [2.24, 2.45) is 0 Å². The van der Waals surface area contributed by atoms with Gasteiger partial charge in [-0.3, -0.25) is 14.6 Å². The van der Waals surface area contributed by atoms with Crippen LogP contribution in [0, 0.1) is 6.92 Å². The van der Waals surface area contributed by atoms with E-state index in [1.165, 1.54) is 42.7 Å². The molecule has 3 aromatic rings. The van der Waals surface area contributed by atoms with Gasteiger partial charge in [0.25, 0.3) is 12.3 Å². The van der Waals surface area contributed by atoms with Gasteiger partial charge in [-0.25, -0.2) is 17.2 Å². The Kier molecular flexibility index (Phi) is 10.9. The molecular formula is C28H35F2N3O4S. The number of benzene rings is 1. The lowest BCUT2D eigenvalue weighted by Crippen LogP contribution is -2.31. The van der Waals surface area contributed by atoms with Crippen LogP contribution in [0.25, 0.3) is 11.1 Å². The number of aromatic nitrogens is 2. The summed E-state index contributed by atoms with van der Waals surface area (Å²) in [5, 5.41) is 2.66. The van der Waals surface area contributed by atoms with Crippen molar-refractivity contribution in [2.75, 3.05) is 6.26 Å². The summed E-state index contributed by atoms with van der Waals surface area (Å²) >= 11 is 0. The second kappa shape index (κ2) is 13.4. The van der Waals surface area contributed by atoms with Gasteiger partial charge in [0, 0.05) is 41.5 Å². The van der Waals surface area contributed by atoms with E-state index >= 15 is 0 Å². The molecule has 206 valence electrons. The van der Waals surface area contributed by atoms with Gasteiger partial charge in [-0.2, -0.15) is 0 Å². The summed E-state index contributed by atoms with van der Waals surface area (Å²) in [4.78, 5) is 30.7. The van der Waals surface area contributed by atoms with Gasteiger partial charge in [-0.1, -0.05) is 45.9 Å². The first-order valence-corrected chi connectivity index (χ1v) is 14.4. The molecule has 0 spiro atoms. The van der Waals surface area contributed by atoms with Crippen LogP contribution in [0.5, 0.6) is 0 Å². The van der Waals surface area contributed by atoms with Crippen molar-refractivity contribution in [3.05, 3.63) is 81.5 Å². The maximum Gasteiger partial charge on any atom is 0.263 e. The molecule has 1 N–H and O–H groups in total. The van der Waals surface area contributed by atoms with E-state index in [4.69, 9.17) is 0 Å². The summed E-state index contributed by atoms with van der Waals surface area (Å²) in [6.07, 6.45) is 2.59. The minimum atomic E-state index is -3.40. The largest absolute Gasteiger partial charge is 0.347 e. The highest BCUT2D eigenvalue weighted by molar-refractivity contribution is 7.90. The van der Waals surface area contributed by atoms with E-state index in [2.05, 4.69) is 10.3 Å². The number of alkyl halides is 2. The fourth-order valence-corrected chi connectivity index (χ4v) is 4.68. The van der Waals surface area contributed by atoms with Crippen LogP contribution >= 0.6 is 0 Å². The molecule has 0 aliphatic heterocycles. The van der Waals surface area contributed by atoms with Gasteiger partial charge in [0.15, 0.2) is 9.84 Å².